The van der Waals surface area contributed by atoms with Gasteiger partial charge in [0, 0.05) is 38.1 Å². The number of anilines is 4. The number of carbonyl (C=O) groups is 1. The number of nitrogens with zero attached hydrogens (tertiary/aromatic N) is 5. The standard InChI is InChI=1S/C26H30ClN7O2/c1-33(15-17-6-8-34(9-7-17)26(35)36)16-20-4-5-21-11-19(20)3-2-18-10-22(13-28-12-18)31-25-29-14-23(27)24(30-21)32-25/h4-5,10-14,17H,2-3,6-9,15-16H2,1H3,(H,35,36)(H2,29,30,31,32). The van der Waals surface area contributed by atoms with Gasteiger partial charge in [0.05, 0.1) is 18.1 Å². The van der Waals surface area contributed by atoms with Crippen LogP contribution in [0.4, 0.5) is 27.9 Å². The van der Waals surface area contributed by atoms with Gasteiger partial charge in [-0.05, 0) is 73.5 Å². The van der Waals surface area contributed by atoms with Crippen molar-refractivity contribution in [3.05, 3.63) is 64.6 Å². The first-order valence-corrected chi connectivity index (χ1v) is 12.6. The summed E-state index contributed by atoms with van der Waals surface area (Å²) in [4.78, 5) is 28.3. The molecule has 0 aliphatic carbocycles. The number of nitrogens with one attached hydrogen (secondary N) is 2. The third kappa shape index (κ3) is 5.85. The lowest BCUT2D eigenvalue weighted by Crippen LogP contribution is -2.40. The van der Waals surface area contributed by atoms with Crippen LogP contribution in [-0.2, 0) is 19.4 Å². The highest BCUT2D eigenvalue weighted by Gasteiger charge is 2.23. The maximum Gasteiger partial charge on any atom is 0.407 e. The molecule has 0 atom stereocenters. The van der Waals surface area contributed by atoms with Crippen molar-refractivity contribution in [3.8, 4) is 0 Å². The van der Waals surface area contributed by atoms with E-state index in [1.165, 1.54) is 16.0 Å². The second-order valence-electron chi connectivity index (χ2n) is 9.62. The van der Waals surface area contributed by atoms with Crippen LogP contribution in [0.2, 0.25) is 5.02 Å². The number of halogens is 1. The Morgan fingerprint density at radius 1 is 1.14 bits per heavy atom. The first-order chi connectivity index (χ1) is 17.4. The van der Waals surface area contributed by atoms with Gasteiger partial charge in [0.1, 0.15) is 5.02 Å². The van der Waals surface area contributed by atoms with E-state index in [1.54, 1.807) is 12.4 Å². The predicted molar refractivity (Wildman–Crippen MR) is 140 cm³/mol. The summed E-state index contributed by atoms with van der Waals surface area (Å²) in [5, 5.41) is 16.2. The molecule has 5 rings (SSSR count). The van der Waals surface area contributed by atoms with Crippen LogP contribution in [0.25, 0.3) is 0 Å². The Kier molecular flexibility index (Phi) is 7.20. The number of hydrogen-bond acceptors (Lipinski definition) is 7. The van der Waals surface area contributed by atoms with Crippen LogP contribution >= 0.6 is 11.6 Å². The van der Waals surface area contributed by atoms with E-state index in [2.05, 4.69) is 61.8 Å². The zero-order chi connectivity index (χ0) is 25.1. The summed E-state index contributed by atoms with van der Waals surface area (Å²) in [6.45, 7) is 3.01. The van der Waals surface area contributed by atoms with Gasteiger partial charge in [0.2, 0.25) is 5.95 Å². The molecule has 0 unspecified atom stereocenters. The minimum Gasteiger partial charge on any atom is -0.465 e. The predicted octanol–water partition coefficient (Wildman–Crippen LogP) is 4.93. The van der Waals surface area contributed by atoms with Crippen LogP contribution in [0.5, 0.6) is 0 Å². The molecule has 1 fully saturated rings. The highest BCUT2D eigenvalue weighted by Crippen LogP contribution is 2.28. The van der Waals surface area contributed by atoms with Crippen molar-refractivity contribution in [2.75, 3.05) is 37.3 Å². The summed E-state index contributed by atoms with van der Waals surface area (Å²) in [5.41, 5.74) is 5.43. The smallest absolute Gasteiger partial charge is 0.407 e. The van der Waals surface area contributed by atoms with E-state index >= 15 is 0 Å². The summed E-state index contributed by atoms with van der Waals surface area (Å²) in [6.07, 6.45) is 7.98. The van der Waals surface area contributed by atoms with Gasteiger partial charge in [0.25, 0.3) is 0 Å². The number of amides is 1. The number of aromatic nitrogens is 3. The number of carboxylic acid groups (broad SMARTS) is 1. The average Bonchev–Trinajstić information content (AvgIpc) is 2.86. The molecule has 3 N–H and O–H groups in total. The summed E-state index contributed by atoms with van der Waals surface area (Å²) < 4.78 is 0. The van der Waals surface area contributed by atoms with Gasteiger partial charge in [-0.25, -0.2) is 9.78 Å². The quantitative estimate of drug-likeness (QED) is 0.456. The van der Waals surface area contributed by atoms with Gasteiger partial charge >= 0.3 is 6.09 Å². The van der Waals surface area contributed by atoms with E-state index in [0.717, 1.165) is 55.7 Å². The van der Waals surface area contributed by atoms with Crippen LogP contribution in [0.15, 0.2) is 42.9 Å². The van der Waals surface area contributed by atoms with Gasteiger partial charge in [-0.3, -0.25) is 4.98 Å². The maximum absolute atomic E-state index is 11.2. The minimum atomic E-state index is -0.813. The van der Waals surface area contributed by atoms with Crippen LogP contribution in [-0.4, -0.2) is 62.6 Å². The molecule has 0 radical (unpaired) electrons. The monoisotopic (exact) mass is 507 g/mol. The van der Waals surface area contributed by atoms with Crippen LogP contribution < -0.4 is 10.6 Å². The molecule has 3 aromatic rings. The minimum absolute atomic E-state index is 0.446. The van der Waals surface area contributed by atoms with Gasteiger partial charge in [-0.15, -0.1) is 0 Å². The van der Waals surface area contributed by atoms with Gasteiger partial charge in [0.15, 0.2) is 5.82 Å². The van der Waals surface area contributed by atoms with Gasteiger partial charge in [-0.1, -0.05) is 17.7 Å². The normalized spacial score (nSPS) is 15.8. The summed E-state index contributed by atoms with van der Waals surface area (Å²) in [6, 6.07) is 8.49. The van der Waals surface area contributed by atoms with Crippen LogP contribution in [0.1, 0.15) is 29.5 Å². The molecule has 10 heteroatoms. The van der Waals surface area contributed by atoms with Crippen molar-refractivity contribution in [1.82, 2.24) is 24.8 Å². The molecule has 2 aliphatic rings. The van der Waals surface area contributed by atoms with Crippen molar-refractivity contribution in [2.24, 2.45) is 5.92 Å². The summed E-state index contributed by atoms with van der Waals surface area (Å²) >= 11 is 6.38. The Labute approximate surface area is 215 Å². The van der Waals surface area contributed by atoms with Crippen LogP contribution in [0.3, 0.4) is 0 Å². The third-order valence-electron chi connectivity index (χ3n) is 6.84. The van der Waals surface area contributed by atoms with Crippen molar-refractivity contribution in [1.29, 1.82) is 0 Å². The van der Waals surface area contributed by atoms with E-state index < -0.39 is 6.09 Å². The van der Waals surface area contributed by atoms with E-state index in [1.807, 2.05) is 6.20 Å². The Morgan fingerprint density at radius 3 is 2.78 bits per heavy atom. The second kappa shape index (κ2) is 10.7. The summed E-state index contributed by atoms with van der Waals surface area (Å²) in [5.74, 6) is 1.50. The lowest BCUT2D eigenvalue weighted by atomic mass is 9.95. The number of pyridine rings is 1. The SMILES string of the molecule is CN(Cc1ccc2cc1CCc1cncc(c1)Nc1ncc(Cl)c(n1)N2)CC1CCN(C(=O)O)CC1. The molecule has 36 heavy (non-hydrogen) atoms. The second-order valence-corrected chi connectivity index (χ2v) is 10.0. The van der Waals surface area contributed by atoms with Crippen molar-refractivity contribution >= 4 is 40.8 Å². The molecule has 2 aromatic heterocycles. The fraction of sp³-hybridized carbons (Fsp3) is 0.385. The first kappa shape index (κ1) is 24.3. The Morgan fingerprint density at radius 2 is 1.97 bits per heavy atom. The number of likely N-dealkylation sites (tertiary alicyclic amines) is 1. The number of fused-ring (bicyclic) bond motifs is 6. The molecule has 188 valence electrons. The van der Waals surface area contributed by atoms with E-state index in [9.17, 15) is 9.90 Å². The first-order valence-electron chi connectivity index (χ1n) is 12.2. The highest BCUT2D eigenvalue weighted by atomic mass is 35.5. The molecule has 6 bridgehead atoms. The molecule has 4 heterocycles. The number of hydrogen-bond donors (Lipinski definition) is 3. The maximum atomic E-state index is 11.2. The number of aryl methyl sites for hydroxylation is 2. The molecule has 0 spiro atoms. The molecule has 1 aromatic carbocycles. The fourth-order valence-electron chi connectivity index (χ4n) is 4.95. The topological polar surface area (TPSA) is 107 Å². The average molecular weight is 508 g/mol. The van der Waals surface area contributed by atoms with Crippen LogP contribution in [0, 0.1) is 5.92 Å². The zero-order valence-electron chi connectivity index (χ0n) is 20.2. The van der Waals surface area contributed by atoms with Crippen molar-refractivity contribution in [3.63, 3.8) is 0 Å². The molecule has 0 saturated carbocycles. The molecule has 1 saturated heterocycles. The number of benzene rings is 1. The Bertz CT molecular complexity index is 1250. The molecule has 1 amide bonds. The van der Waals surface area contributed by atoms with Crippen molar-refractivity contribution in [2.45, 2.75) is 32.2 Å². The highest BCUT2D eigenvalue weighted by molar-refractivity contribution is 6.32. The number of rotatable bonds is 4. The van der Waals surface area contributed by atoms with Crippen molar-refractivity contribution < 1.29 is 9.90 Å². The van der Waals surface area contributed by atoms with Gasteiger partial charge in [-0.2, -0.15) is 4.98 Å². The fourth-order valence-corrected chi connectivity index (χ4v) is 5.08. The van der Waals surface area contributed by atoms with E-state index in [-0.39, 0.29) is 0 Å². The third-order valence-corrected chi connectivity index (χ3v) is 7.12. The van der Waals surface area contributed by atoms with E-state index in [4.69, 9.17) is 11.6 Å². The molecular formula is C26H30ClN7O2. The molecule has 9 nitrogen and oxygen atoms in total. The summed E-state index contributed by atoms with van der Waals surface area (Å²) in [7, 11) is 2.14. The molecule has 2 aliphatic heterocycles. The molecular weight excluding hydrogens is 478 g/mol. The number of piperidine rings is 1. The lowest BCUT2D eigenvalue weighted by Gasteiger charge is -2.32. The Balaban J connectivity index is 1.35. The van der Waals surface area contributed by atoms with E-state index in [0.29, 0.717) is 35.8 Å². The van der Waals surface area contributed by atoms with Gasteiger partial charge < -0.3 is 25.5 Å². The largest absolute Gasteiger partial charge is 0.465 e. The lowest BCUT2D eigenvalue weighted by molar-refractivity contribution is 0.116. The zero-order valence-corrected chi connectivity index (χ0v) is 21.0. The Hall–Kier alpha value is -3.43.